The van der Waals surface area contributed by atoms with E-state index in [2.05, 4.69) is 15.5 Å². The molecule has 1 N–H and O–H groups in total. The van der Waals surface area contributed by atoms with E-state index in [9.17, 15) is 0 Å². The topological polar surface area (TPSA) is 36.8 Å². The van der Waals surface area contributed by atoms with Gasteiger partial charge in [-0.1, -0.05) is 17.7 Å². The zero-order chi connectivity index (χ0) is 10.9. The maximum atomic E-state index is 5.88. The molecule has 0 fully saturated rings. The van der Waals surface area contributed by atoms with Crippen LogP contribution in [0.1, 0.15) is 13.8 Å². The molecule has 2 rings (SSSR count). The normalized spacial score (nSPS) is 20.6. The van der Waals surface area contributed by atoms with Crippen molar-refractivity contribution in [3.63, 3.8) is 0 Å². The van der Waals surface area contributed by atoms with Crippen molar-refractivity contribution in [2.45, 2.75) is 19.4 Å². The number of hydrogen-bond donors (Lipinski definition) is 1. The molecule has 15 heavy (non-hydrogen) atoms. The molecule has 0 spiro atoms. The fourth-order valence-corrected chi connectivity index (χ4v) is 1.51. The van der Waals surface area contributed by atoms with E-state index >= 15 is 0 Å². The molecule has 0 bridgehead atoms. The molecule has 0 radical (unpaired) electrons. The van der Waals surface area contributed by atoms with Crippen LogP contribution >= 0.6 is 11.6 Å². The lowest BCUT2D eigenvalue weighted by Gasteiger charge is -2.17. The van der Waals surface area contributed by atoms with Gasteiger partial charge in [0.25, 0.3) is 0 Å². The Morgan fingerprint density at radius 3 is 2.80 bits per heavy atom. The molecule has 0 aliphatic carbocycles. The fourth-order valence-electron chi connectivity index (χ4n) is 1.33. The molecule has 3 nitrogen and oxygen atoms in total. The third kappa shape index (κ3) is 2.18. The second-order valence-corrected chi connectivity index (χ2v) is 4.41. The lowest BCUT2D eigenvalue weighted by Crippen LogP contribution is -2.38. The number of hydrogen-bond acceptors (Lipinski definition) is 3. The van der Waals surface area contributed by atoms with Crippen LogP contribution in [0.3, 0.4) is 0 Å². The van der Waals surface area contributed by atoms with Gasteiger partial charge >= 0.3 is 0 Å². The van der Waals surface area contributed by atoms with Crippen molar-refractivity contribution in [2.24, 2.45) is 10.1 Å². The Hall–Kier alpha value is -1.35. The summed E-state index contributed by atoms with van der Waals surface area (Å²) >= 11 is 5.88. The maximum absolute atomic E-state index is 5.88. The standard InChI is InChI=1S/C11H12ClN3/c1-11(2)10(7-13-15-11)14-9-5-3-4-8(12)6-9/h3-7,15H,1-2H3. The average molecular weight is 222 g/mol. The number of halogens is 1. The Morgan fingerprint density at radius 1 is 1.40 bits per heavy atom. The largest absolute Gasteiger partial charge is 0.298 e. The van der Waals surface area contributed by atoms with Gasteiger partial charge in [0.05, 0.1) is 23.2 Å². The van der Waals surface area contributed by atoms with Crippen molar-refractivity contribution in [1.82, 2.24) is 5.43 Å². The first-order valence-corrected chi connectivity index (χ1v) is 5.11. The van der Waals surface area contributed by atoms with E-state index in [0.29, 0.717) is 5.02 Å². The van der Waals surface area contributed by atoms with Crippen molar-refractivity contribution in [3.8, 4) is 0 Å². The number of nitrogens with one attached hydrogen (secondary N) is 1. The van der Waals surface area contributed by atoms with Crippen LogP contribution in [0.25, 0.3) is 0 Å². The van der Waals surface area contributed by atoms with Crippen LogP contribution in [0.4, 0.5) is 5.69 Å². The number of aliphatic imine (C=N–C) groups is 1. The van der Waals surface area contributed by atoms with Gasteiger partial charge in [0, 0.05) is 5.02 Å². The monoisotopic (exact) mass is 221 g/mol. The zero-order valence-corrected chi connectivity index (χ0v) is 9.42. The van der Waals surface area contributed by atoms with Gasteiger partial charge in [0.2, 0.25) is 0 Å². The van der Waals surface area contributed by atoms with Crippen molar-refractivity contribution >= 4 is 29.2 Å². The quantitative estimate of drug-likeness (QED) is 0.778. The van der Waals surface area contributed by atoms with Crippen LogP contribution < -0.4 is 5.43 Å². The van der Waals surface area contributed by atoms with E-state index in [0.717, 1.165) is 11.4 Å². The molecule has 1 heterocycles. The van der Waals surface area contributed by atoms with Gasteiger partial charge in [-0.25, -0.2) is 4.99 Å². The molecule has 0 saturated heterocycles. The summed E-state index contributed by atoms with van der Waals surface area (Å²) in [5, 5.41) is 4.69. The fraction of sp³-hybridized carbons (Fsp3) is 0.273. The Kier molecular flexibility index (Phi) is 2.49. The molecule has 0 aromatic heterocycles. The summed E-state index contributed by atoms with van der Waals surface area (Å²) in [6.45, 7) is 4.06. The summed E-state index contributed by atoms with van der Waals surface area (Å²) < 4.78 is 0. The second kappa shape index (κ2) is 3.66. The Balaban J connectivity index is 2.34. The predicted molar refractivity (Wildman–Crippen MR) is 64.3 cm³/mol. The Bertz CT molecular complexity index is 435. The minimum Gasteiger partial charge on any atom is -0.298 e. The molecule has 0 unspecified atom stereocenters. The van der Waals surface area contributed by atoms with Crippen molar-refractivity contribution < 1.29 is 0 Å². The summed E-state index contributed by atoms with van der Waals surface area (Å²) in [6, 6.07) is 7.46. The van der Waals surface area contributed by atoms with Crippen LogP contribution in [0.15, 0.2) is 34.4 Å². The van der Waals surface area contributed by atoms with Gasteiger partial charge in [0.15, 0.2) is 0 Å². The van der Waals surface area contributed by atoms with E-state index in [1.165, 1.54) is 0 Å². The first-order chi connectivity index (χ1) is 7.08. The lowest BCUT2D eigenvalue weighted by atomic mass is 10.0. The average Bonchev–Trinajstić information content (AvgIpc) is 2.46. The highest BCUT2D eigenvalue weighted by molar-refractivity contribution is 6.36. The van der Waals surface area contributed by atoms with Crippen LogP contribution in [0.5, 0.6) is 0 Å². The van der Waals surface area contributed by atoms with E-state index in [4.69, 9.17) is 11.6 Å². The zero-order valence-electron chi connectivity index (χ0n) is 8.66. The first kappa shape index (κ1) is 10.2. The number of nitrogens with zero attached hydrogens (tertiary/aromatic N) is 2. The SMILES string of the molecule is CC1(C)NN=CC1=Nc1cccc(Cl)c1. The molecule has 1 aliphatic heterocycles. The molecule has 1 aromatic carbocycles. The Labute approximate surface area is 93.9 Å². The predicted octanol–water partition coefficient (Wildman–Crippen LogP) is 2.78. The van der Waals surface area contributed by atoms with E-state index < -0.39 is 0 Å². The van der Waals surface area contributed by atoms with Crippen LogP contribution in [0.2, 0.25) is 5.02 Å². The molecule has 78 valence electrons. The molecule has 0 atom stereocenters. The van der Waals surface area contributed by atoms with Crippen LogP contribution in [-0.2, 0) is 0 Å². The second-order valence-electron chi connectivity index (χ2n) is 3.97. The third-order valence-electron chi connectivity index (χ3n) is 2.23. The molecule has 0 amide bonds. The van der Waals surface area contributed by atoms with E-state index in [1.54, 1.807) is 6.21 Å². The van der Waals surface area contributed by atoms with Crippen molar-refractivity contribution in [1.29, 1.82) is 0 Å². The van der Waals surface area contributed by atoms with Gasteiger partial charge in [-0.3, -0.25) is 5.43 Å². The number of benzene rings is 1. The van der Waals surface area contributed by atoms with Crippen LogP contribution in [0, 0.1) is 0 Å². The van der Waals surface area contributed by atoms with Crippen molar-refractivity contribution in [3.05, 3.63) is 29.3 Å². The van der Waals surface area contributed by atoms with Crippen molar-refractivity contribution in [2.75, 3.05) is 0 Å². The summed E-state index contributed by atoms with van der Waals surface area (Å²) in [5.41, 5.74) is 4.54. The summed E-state index contributed by atoms with van der Waals surface area (Å²) in [6.07, 6.45) is 1.74. The van der Waals surface area contributed by atoms with E-state index in [1.807, 2.05) is 38.1 Å². The minimum absolute atomic E-state index is 0.206. The highest BCUT2D eigenvalue weighted by Crippen LogP contribution is 2.20. The van der Waals surface area contributed by atoms with Gasteiger partial charge < -0.3 is 0 Å². The van der Waals surface area contributed by atoms with E-state index in [-0.39, 0.29) is 5.54 Å². The van der Waals surface area contributed by atoms with Gasteiger partial charge in [0.1, 0.15) is 0 Å². The maximum Gasteiger partial charge on any atom is 0.0927 e. The Morgan fingerprint density at radius 2 is 2.20 bits per heavy atom. The number of hydrazone groups is 1. The number of rotatable bonds is 1. The lowest BCUT2D eigenvalue weighted by molar-refractivity contribution is 0.549. The van der Waals surface area contributed by atoms with Gasteiger partial charge in [-0.15, -0.1) is 0 Å². The molecule has 1 aliphatic rings. The molecule has 1 aromatic rings. The highest BCUT2D eigenvalue weighted by Gasteiger charge is 2.27. The molecular weight excluding hydrogens is 210 g/mol. The summed E-state index contributed by atoms with van der Waals surface area (Å²) in [4.78, 5) is 4.49. The first-order valence-electron chi connectivity index (χ1n) is 4.73. The van der Waals surface area contributed by atoms with Gasteiger partial charge in [-0.05, 0) is 32.0 Å². The molecule has 4 heteroatoms. The molecule has 0 saturated carbocycles. The van der Waals surface area contributed by atoms with Gasteiger partial charge in [-0.2, -0.15) is 5.10 Å². The summed E-state index contributed by atoms with van der Waals surface area (Å²) in [5.74, 6) is 0. The minimum atomic E-state index is -0.206. The highest BCUT2D eigenvalue weighted by atomic mass is 35.5. The van der Waals surface area contributed by atoms with Crippen LogP contribution in [-0.4, -0.2) is 17.5 Å². The molecular formula is C11H12ClN3. The smallest absolute Gasteiger partial charge is 0.0927 e. The third-order valence-corrected chi connectivity index (χ3v) is 2.46. The summed E-state index contributed by atoms with van der Waals surface area (Å²) in [7, 11) is 0.